The van der Waals surface area contributed by atoms with Gasteiger partial charge < -0.3 is 49.1 Å². The standard InChI is InChI=1S/C14H15N3O9S3.C7H8N2O.C7H7NO3.C7H9N/c15-13-11(18)4-3-10(14(13)19)17-16-9-2-1-8(7-12(9)28(20,21)22)27-6-5-26-29(23,24)25;8-6-3-1-5(2-4-6)7(9)10;8-4-1-2-6(9)5(3-4)7(10)11;1-6-2-4-7(8)5-3-6/h1-4,7,18-19H,5-6,15H2,(H,20,21,22)(H,23,24,25);1-4H,8H2,(H2,9,10);1-3,9H,8H2,(H,10,11);2-5H,8H2,1H3. The number of anilines is 4. The molecule has 0 saturated carbocycles. The van der Waals surface area contributed by atoms with Crippen LogP contribution in [-0.4, -0.2) is 70.6 Å². The van der Waals surface area contributed by atoms with E-state index in [1.54, 1.807) is 24.3 Å². The molecule has 1 amide bonds. The van der Waals surface area contributed by atoms with Gasteiger partial charge in [0.25, 0.3) is 10.1 Å². The van der Waals surface area contributed by atoms with E-state index in [1.807, 2.05) is 31.2 Å². The number of rotatable bonds is 10. The first-order valence-electron chi connectivity index (χ1n) is 15.9. The minimum Gasteiger partial charge on any atom is -0.507 e. The number of nitrogen functional groups attached to an aromatic ring is 4. The first-order chi connectivity index (χ1) is 27.0. The summed E-state index contributed by atoms with van der Waals surface area (Å²) in [5.74, 6) is -2.78. The number of phenolic OH excluding ortho intramolecular Hbond substituents is 2. The lowest BCUT2D eigenvalue weighted by molar-refractivity contribution is 0.0693. The summed E-state index contributed by atoms with van der Waals surface area (Å²) in [4.78, 5) is 20.6. The fourth-order valence-corrected chi connectivity index (χ4v) is 5.78. The topological polar surface area (TPSA) is 388 Å². The van der Waals surface area contributed by atoms with Crippen molar-refractivity contribution in [1.29, 1.82) is 0 Å². The molecule has 5 rings (SSSR count). The van der Waals surface area contributed by atoms with Crippen molar-refractivity contribution in [2.24, 2.45) is 16.0 Å². The Bertz CT molecular complexity index is 2430. The fraction of sp³-hybridized carbons (Fsp3) is 0.0857. The first kappa shape index (κ1) is 47.5. The Morgan fingerprint density at radius 2 is 1.22 bits per heavy atom. The highest BCUT2D eigenvalue weighted by Gasteiger charge is 2.18. The van der Waals surface area contributed by atoms with Crippen LogP contribution in [-0.2, 0) is 24.7 Å². The van der Waals surface area contributed by atoms with Gasteiger partial charge in [0.15, 0.2) is 5.75 Å². The molecule has 0 aliphatic rings. The summed E-state index contributed by atoms with van der Waals surface area (Å²) in [6.45, 7) is 1.67. The molecular formula is C35H39N7O13S3. The van der Waals surface area contributed by atoms with E-state index < -0.39 is 43.0 Å². The van der Waals surface area contributed by atoms with Crippen LogP contribution in [0.1, 0.15) is 26.3 Å². The Balaban J connectivity index is 0.000000322. The van der Waals surface area contributed by atoms with Gasteiger partial charge in [-0.25, -0.2) is 8.98 Å². The third-order valence-electron chi connectivity index (χ3n) is 6.76. The molecule has 5 aromatic rings. The fourth-order valence-electron chi connectivity index (χ4n) is 3.89. The van der Waals surface area contributed by atoms with E-state index >= 15 is 0 Å². The average Bonchev–Trinajstić information content (AvgIpc) is 3.14. The number of hydrogen-bond donors (Lipinski definition) is 11. The van der Waals surface area contributed by atoms with Crippen molar-refractivity contribution in [3.8, 4) is 17.2 Å². The number of carboxylic acids is 1. The van der Waals surface area contributed by atoms with E-state index in [-0.39, 0.29) is 46.5 Å². The summed E-state index contributed by atoms with van der Waals surface area (Å²) in [5.41, 5.74) is 29.1. The number of hydrogen-bond acceptors (Lipinski definition) is 17. The number of aromatic hydroxyl groups is 3. The van der Waals surface area contributed by atoms with Crippen LogP contribution < -0.4 is 28.7 Å². The van der Waals surface area contributed by atoms with Gasteiger partial charge in [-0.3, -0.25) is 13.9 Å². The van der Waals surface area contributed by atoms with Crippen LogP contribution in [0.4, 0.5) is 34.1 Å². The molecule has 20 nitrogen and oxygen atoms in total. The van der Waals surface area contributed by atoms with Crippen molar-refractivity contribution in [3.63, 3.8) is 0 Å². The van der Waals surface area contributed by atoms with Crippen LogP contribution in [0, 0.1) is 6.92 Å². The van der Waals surface area contributed by atoms with Crippen LogP contribution in [0.15, 0.2) is 117 Å². The summed E-state index contributed by atoms with van der Waals surface area (Å²) in [6.07, 6.45) is 0. The molecule has 0 heterocycles. The van der Waals surface area contributed by atoms with E-state index in [0.717, 1.165) is 29.6 Å². The molecule has 0 saturated heterocycles. The third-order valence-corrected chi connectivity index (χ3v) is 9.06. The Morgan fingerprint density at radius 3 is 1.72 bits per heavy atom. The molecule has 0 unspecified atom stereocenters. The number of carbonyl (C=O) groups excluding carboxylic acids is 1. The van der Waals surface area contributed by atoms with Gasteiger partial charge in [-0.05, 0) is 91.9 Å². The highest BCUT2D eigenvalue weighted by Crippen LogP contribution is 2.39. The third kappa shape index (κ3) is 16.6. The quantitative estimate of drug-likeness (QED) is 0.0170. The normalized spacial score (nSPS) is 10.9. The summed E-state index contributed by atoms with van der Waals surface area (Å²) in [6, 6.07) is 24.2. The van der Waals surface area contributed by atoms with Gasteiger partial charge in [0.1, 0.15) is 39.0 Å². The maximum atomic E-state index is 11.6. The van der Waals surface area contributed by atoms with Crippen LogP contribution in [0.5, 0.6) is 17.2 Å². The number of carboxylic acid groups (broad SMARTS) is 1. The summed E-state index contributed by atoms with van der Waals surface area (Å²) in [5, 5.41) is 44.0. The maximum absolute atomic E-state index is 11.6. The van der Waals surface area contributed by atoms with Crippen molar-refractivity contribution < 1.29 is 60.1 Å². The van der Waals surface area contributed by atoms with Crippen molar-refractivity contribution in [2.45, 2.75) is 16.7 Å². The number of nitrogens with two attached hydrogens (primary N) is 5. The Hall–Kier alpha value is -6.63. The predicted octanol–water partition coefficient (Wildman–Crippen LogP) is 4.87. The molecule has 310 valence electrons. The van der Waals surface area contributed by atoms with Gasteiger partial charge in [0, 0.05) is 33.3 Å². The number of nitrogens with zero attached hydrogens (tertiary/aromatic N) is 2. The molecule has 0 aliphatic heterocycles. The number of phenols is 3. The molecule has 0 aromatic heterocycles. The number of benzene rings is 5. The van der Waals surface area contributed by atoms with Crippen molar-refractivity contribution in [1.82, 2.24) is 0 Å². The van der Waals surface area contributed by atoms with Crippen molar-refractivity contribution in [2.75, 3.05) is 35.3 Å². The highest BCUT2D eigenvalue weighted by molar-refractivity contribution is 7.99. The summed E-state index contributed by atoms with van der Waals surface area (Å²) in [7, 11) is -9.28. The molecule has 23 heteroatoms. The van der Waals surface area contributed by atoms with Crippen LogP contribution in [0.3, 0.4) is 0 Å². The van der Waals surface area contributed by atoms with Crippen molar-refractivity contribution >= 4 is 78.3 Å². The van der Waals surface area contributed by atoms with Crippen LogP contribution >= 0.6 is 11.8 Å². The van der Waals surface area contributed by atoms with E-state index in [1.165, 1.54) is 42.0 Å². The number of carbonyl (C=O) groups is 2. The second-order valence-corrected chi connectivity index (χ2v) is 14.9. The van der Waals surface area contributed by atoms with Gasteiger partial charge in [0.05, 0.1) is 6.61 Å². The second-order valence-electron chi connectivity index (χ2n) is 11.2. The van der Waals surface area contributed by atoms with E-state index in [4.69, 9.17) is 43.4 Å². The van der Waals surface area contributed by atoms with Gasteiger partial charge in [0.2, 0.25) is 5.91 Å². The number of aryl methyl sites for hydroxylation is 1. The van der Waals surface area contributed by atoms with E-state index in [0.29, 0.717) is 21.8 Å². The summed E-state index contributed by atoms with van der Waals surface area (Å²) >= 11 is 0.988. The highest BCUT2D eigenvalue weighted by atomic mass is 32.3. The average molecular weight is 862 g/mol. The van der Waals surface area contributed by atoms with Gasteiger partial charge in [-0.1, -0.05) is 17.7 Å². The number of aromatic carboxylic acids is 1. The van der Waals surface area contributed by atoms with Crippen molar-refractivity contribution in [3.05, 3.63) is 114 Å². The minimum atomic E-state index is -4.70. The molecule has 16 N–H and O–H groups in total. The maximum Gasteiger partial charge on any atom is 0.397 e. The smallest absolute Gasteiger partial charge is 0.397 e. The molecule has 0 aliphatic carbocycles. The predicted molar refractivity (Wildman–Crippen MR) is 217 cm³/mol. The van der Waals surface area contributed by atoms with E-state index in [2.05, 4.69) is 14.4 Å². The lowest BCUT2D eigenvalue weighted by atomic mass is 10.2. The number of thioether (sulfide) groups is 1. The Morgan fingerprint density at radius 1 is 0.707 bits per heavy atom. The number of amides is 1. The zero-order chi connectivity index (χ0) is 43.8. The molecule has 0 spiro atoms. The lowest BCUT2D eigenvalue weighted by Crippen LogP contribution is -2.10. The van der Waals surface area contributed by atoms with E-state index in [9.17, 15) is 41.2 Å². The molecule has 0 radical (unpaired) electrons. The van der Waals surface area contributed by atoms with Gasteiger partial charge >= 0.3 is 16.4 Å². The zero-order valence-corrected chi connectivity index (χ0v) is 32.6. The molecule has 0 fully saturated rings. The Labute approximate surface area is 336 Å². The lowest BCUT2D eigenvalue weighted by Gasteiger charge is -2.07. The monoisotopic (exact) mass is 861 g/mol. The van der Waals surface area contributed by atoms with Gasteiger partial charge in [-0.2, -0.15) is 16.8 Å². The molecule has 5 aromatic carbocycles. The zero-order valence-electron chi connectivity index (χ0n) is 30.2. The summed E-state index contributed by atoms with van der Waals surface area (Å²) < 4.78 is 66.3. The first-order valence-corrected chi connectivity index (χ1v) is 19.6. The SMILES string of the molecule is Cc1ccc(N)cc1.NC(=O)c1ccc(N)cc1.Nc1c(O)ccc(N=Nc2ccc(SCCOS(=O)(=O)O)cc2S(=O)(=O)O)c1O.Nc1ccc(O)c(C(=O)O)c1. The second kappa shape index (κ2) is 21.6. The molecule has 0 atom stereocenters. The molecular weight excluding hydrogens is 823 g/mol. The van der Waals surface area contributed by atoms with Crippen LogP contribution in [0.2, 0.25) is 0 Å². The number of azo groups is 1. The largest absolute Gasteiger partial charge is 0.507 e. The van der Waals surface area contributed by atoms with Gasteiger partial charge in [-0.15, -0.1) is 22.0 Å². The van der Waals surface area contributed by atoms with Crippen LogP contribution in [0.25, 0.3) is 0 Å². The number of primary amides is 1. The minimum absolute atomic E-state index is 0.0478. The molecule has 58 heavy (non-hydrogen) atoms. The Kier molecular flexibility index (Phi) is 17.7. The molecule has 0 bridgehead atoms.